The number of fused-ring (bicyclic) bond motifs is 2. The van der Waals surface area contributed by atoms with Crippen molar-refractivity contribution in [2.45, 2.75) is 230 Å². The van der Waals surface area contributed by atoms with Gasteiger partial charge in [-0.2, -0.15) is 0 Å². The van der Waals surface area contributed by atoms with E-state index in [1.807, 2.05) is 31.2 Å². The van der Waals surface area contributed by atoms with Gasteiger partial charge in [-0.05, 0) is 62.2 Å². The molecule has 1 N–H and O–H groups in total. The maximum atomic E-state index is 13.9. The molecule has 2 aliphatic heterocycles. The van der Waals surface area contributed by atoms with Crippen LogP contribution < -0.4 is 0 Å². The molecule has 0 radical (unpaired) electrons. The van der Waals surface area contributed by atoms with E-state index < -0.39 is 34.8 Å². The Labute approximate surface area is 358 Å². The quantitative estimate of drug-likeness (QED) is 0.0348. The minimum absolute atomic E-state index is 0.0160. The summed E-state index contributed by atoms with van der Waals surface area (Å²) in [4.78, 5) is 27.0. The molecule has 1 saturated carbocycles. The van der Waals surface area contributed by atoms with Gasteiger partial charge in [-0.25, -0.2) is 0 Å². The lowest BCUT2D eigenvalue weighted by Gasteiger charge is -2.58. The highest BCUT2D eigenvalue weighted by molar-refractivity contribution is 6.04. The van der Waals surface area contributed by atoms with Crippen molar-refractivity contribution in [3.63, 3.8) is 0 Å². The number of ether oxygens (including phenoxy) is 4. The van der Waals surface area contributed by atoms with Crippen LogP contribution in [0.3, 0.4) is 0 Å². The first-order chi connectivity index (χ1) is 28.5. The number of Topliss-reactive ketones (excluding diaryl/α,β-unsaturated/α-hetero) is 1. The number of aliphatic hydroxyl groups is 1. The third kappa shape index (κ3) is 11.4. The van der Waals surface area contributed by atoms with Crippen molar-refractivity contribution < 1.29 is 33.6 Å². The first-order valence-corrected chi connectivity index (χ1v) is 24.4. The Hall–Kier alpha value is -2.32. The number of carbonyl (C=O) groups excluding carboxylic acids is 2. The predicted molar refractivity (Wildman–Crippen MR) is 239 cm³/mol. The molecule has 3 bridgehead atoms. The summed E-state index contributed by atoms with van der Waals surface area (Å²) in [5, 5.41) is 12.5. The van der Waals surface area contributed by atoms with E-state index in [1.165, 1.54) is 116 Å². The maximum absolute atomic E-state index is 13.9. The number of rotatable bonds is 29. The van der Waals surface area contributed by atoms with Gasteiger partial charge in [0.1, 0.15) is 23.9 Å². The zero-order valence-corrected chi connectivity index (χ0v) is 38.0. The number of hydrogen-bond donors (Lipinski definition) is 1. The minimum Gasteiger partial charge on any atom is -0.461 e. The van der Waals surface area contributed by atoms with Crippen molar-refractivity contribution in [2.75, 3.05) is 6.61 Å². The average Bonchev–Trinajstić information content (AvgIpc) is 3.52. The zero-order chi connectivity index (χ0) is 42.4. The molecule has 0 unspecified atom stereocenters. The molecule has 0 amide bonds. The van der Waals surface area contributed by atoms with E-state index in [1.54, 1.807) is 6.92 Å². The van der Waals surface area contributed by atoms with Crippen molar-refractivity contribution in [1.82, 2.24) is 0 Å². The molecule has 5 aliphatic rings. The second-order valence-electron chi connectivity index (χ2n) is 19.1. The number of esters is 1. The van der Waals surface area contributed by atoms with E-state index in [2.05, 4.69) is 39.5 Å². The highest BCUT2D eigenvalue weighted by atomic mass is 16.9. The molecule has 5 rings (SSSR count). The van der Waals surface area contributed by atoms with Gasteiger partial charge < -0.3 is 24.1 Å². The van der Waals surface area contributed by atoms with Crippen molar-refractivity contribution in [3.05, 3.63) is 59.8 Å². The number of carbonyl (C=O) groups is 2. The van der Waals surface area contributed by atoms with E-state index >= 15 is 0 Å². The molecule has 0 aromatic carbocycles. The van der Waals surface area contributed by atoms with Gasteiger partial charge in [0.15, 0.2) is 5.78 Å². The lowest BCUT2D eigenvalue weighted by Crippen LogP contribution is -2.70. The van der Waals surface area contributed by atoms with Gasteiger partial charge in [-0.3, -0.25) is 9.59 Å². The molecule has 2 saturated heterocycles. The summed E-state index contributed by atoms with van der Waals surface area (Å²) < 4.78 is 26.8. The van der Waals surface area contributed by atoms with E-state index in [4.69, 9.17) is 18.9 Å². The Morgan fingerprint density at radius 3 is 1.97 bits per heavy atom. The molecule has 7 nitrogen and oxygen atoms in total. The van der Waals surface area contributed by atoms with Gasteiger partial charge in [-0.15, -0.1) is 0 Å². The average molecular weight is 819 g/mol. The highest BCUT2D eigenvalue weighted by Gasteiger charge is 2.78. The fourth-order valence-electron chi connectivity index (χ4n) is 11.0. The number of allylic oxidation sites excluding steroid dienone is 3. The van der Waals surface area contributed by atoms with Crippen LogP contribution in [-0.2, 0) is 28.5 Å². The number of unbranched alkanes of at least 4 members (excludes halogenated alkanes) is 21. The van der Waals surface area contributed by atoms with E-state index in [-0.39, 0.29) is 36.6 Å². The van der Waals surface area contributed by atoms with Gasteiger partial charge in [0.05, 0.1) is 5.60 Å². The first kappa shape index (κ1) is 47.7. The van der Waals surface area contributed by atoms with Crippen LogP contribution in [0.25, 0.3) is 0 Å². The third-order valence-corrected chi connectivity index (χ3v) is 14.3. The van der Waals surface area contributed by atoms with E-state index in [0.29, 0.717) is 24.0 Å². The second kappa shape index (κ2) is 22.7. The Morgan fingerprint density at radius 2 is 1.39 bits per heavy atom. The molecule has 8 atom stereocenters. The van der Waals surface area contributed by atoms with Crippen LogP contribution in [0, 0.1) is 17.8 Å². The summed E-state index contributed by atoms with van der Waals surface area (Å²) in [6.07, 6.45) is 41.6. The van der Waals surface area contributed by atoms with Crippen LogP contribution in [0.15, 0.2) is 59.8 Å². The number of hydrogen-bond acceptors (Lipinski definition) is 7. The smallest absolute Gasteiger partial charge is 0.306 e. The Kier molecular flexibility index (Phi) is 18.3. The highest BCUT2D eigenvalue weighted by Crippen LogP contribution is 2.68. The molecule has 0 aromatic heterocycles. The Morgan fingerprint density at radius 1 is 0.831 bits per heavy atom. The number of ketones is 1. The first-order valence-electron chi connectivity index (χ1n) is 24.4. The monoisotopic (exact) mass is 819 g/mol. The maximum Gasteiger partial charge on any atom is 0.306 e. The van der Waals surface area contributed by atoms with Crippen molar-refractivity contribution in [3.8, 4) is 0 Å². The Balaban J connectivity index is 1.17. The van der Waals surface area contributed by atoms with E-state index in [0.717, 1.165) is 37.7 Å². The van der Waals surface area contributed by atoms with E-state index in [9.17, 15) is 14.7 Å². The molecule has 0 spiro atoms. The molecule has 0 aromatic rings. The van der Waals surface area contributed by atoms with Crippen LogP contribution in [0.2, 0.25) is 0 Å². The van der Waals surface area contributed by atoms with Gasteiger partial charge in [0.25, 0.3) is 0 Å². The minimum atomic E-state index is -1.74. The normalized spacial score (nSPS) is 32.1. The SMILES string of the molecule is C=C(C)[C@]12C[C@@H](C)[C@@]34O[C@](/C=C/C=C/CCCCCCCCC)(O[C@@H]1[C@@H]3C=C(COC(=O)CCCCCCCCCCCCCCCCC)C[C@]1(O)C(=O)C(C)=C[C@@H]41)O2. The fraction of sp³-hybridized carbons (Fsp3) is 0.769. The predicted octanol–water partition coefficient (Wildman–Crippen LogP) is 13.1. The zero-order valence-electron chi connectivity index (χ0n) is 38.0. The second-order valence-corrected chi connectivity index (χ2v) is 19.1. The molecule has 332 valence electrons. The third-order valence-electron chi connectivity index (χ3n) is 14.3. The summed E-state index contributed by atoms with van der Waals surface area (Å²) in [5.41, 5.74) is -1.47. The summed E-state index contributed by atoms with van der Waals surface area (Å²) in [6, 6.07) is 0. The van der Waals surface area contributed by atoms with Gasteiger partial charge in [0, 0.05) is 30.8 Å². The molecule has 3 fully saturated rings. The summed E-state index contributed by atoms with van der Waals surface area (Å²) >= 11 is 0. The van der Waals surface area contributed by atoms with Gasteiger partial charge in [0.2, 0.25) is 0 Å². The van der Waals surface area contributed by atoms with Crippen LogP contribution in [0.5, 0.6) is 0 Å². The molecular weight excluding hydrogens is 737 g/mol. The topological polar surface area (TPSA) is 91.3 Å². The van der Waals surface area contributed by atoms with Crippen molar-refractivity contribution >= 4 is 11.8 Å². The van der Waals surface area contributed by atoms with Gasteiger partial charge >= 0.3 is 11.9 Å². The molecule has 59 heavy (non-hydrogen) atoms. The largest absolute Gasteiger partial charge is 0.461 e. The van der Waals surface area contributed by atoms with Gasteiger partial charge in [-0.1, -0.05) is 186 Å². The van der Waals surface area contributed by atoms with Crippen molar-refractivity contribution in [1.29, 1.82) is 0 Å². The lowest BCUT2D eigenvalue weighted by molar-refractivity contribution is -0.398. The lowest BCUT2D eigenvalue weighted by atomic mass is 9.55. The summed E-state index contributed by atoms with van der Waals surface area (Å²) in [7, 11) is 0. The van der Waals surface area contributed by atoms with Crippen LogP contribution >= 0.6 is 0 Å². The molecule has 7 heteroatoms. The summed E-state index contributed by atoms with van der Waals surface area (Å²) in [6.45, 7) is 14.9. The van der Waals surface area contributed by atoms with Crippen LogP contribution in [0.4, 0.5) is 0 Å². The molecular formula is C52H82O7. The van der Waals surface area contributed by atoms with Crippen LogP contribution in [0.1, 0.15) is 202 Å². The molecule has 3 aliphatic carbocycles. The van der Waals surface area contributed by atoms with Crippen molar-refractivity contribution in [2.24, 2.45) is 17.8 Å². The standard InChI is InChI=1S/C52H82O7/c1-7-9-11-13-15-17-19-20-21-22-23-25-27-29-31-33-46(53)56-39-43-36-44-48-50(40(3)4)37-42(6)52(44,45-35-41(5)47(54)49(45,55)38-43)59-51(57-48,58-50)34-32-30-28-26-24-18-16-14-12-10-8-2/h28,30,32,34-36,42,44-45,48,55H,3,7-27,29,31,33,37-39H2,1-2,4-6H3/b30-28+,34-32+/t42-,44+,45-,48-,49-,50-,51-,52-/m1/s1. The Bertz CT molecular complexity index is 1510. The summed E-state index contributed by atoms with van der Waals surface area (Å²) in [5.74, 6) is -3.17. The fourth-order valence-corrected chi connectivity index (χ4v) is 11.0. The van der Waals surface area contributed by atoms with Crippen LogP contribution in [-0.4, -0.2) is 52.3 Å². The molecule has 2 heterocycles.